The van der Waals surface area contributed by atoms with Gasteiger partial charge in [-0.05, 0) is 30.6 Å². The SMILES string of the molecule is CCOC(=O)C=C1C(C)(C)CCC1(C)C. The molecule has 1 aliphatic rings. The third-order valence-corrected chi connectivity index (χ3v) is 3.38. The van der Waals surface area contributed by atoms with E-state index in [0.29, 0.717) is 6.61 Å². The summed E-state index contributed by atoms with van der Waals surface area (Å²) in [6, 6.07) is 0. The zero-order chi connectivity index (χ0) is 11.7. The minimum Gasteiger partial charge on any atom is -0.463 e. The molecule has 1 fully saturated rings. The molecule has 1 rings (SSSR count). The van der Waals surface area contributed by atoms with E-state index in [1.807, 2.05) is 6.92 Å². The predicted octanol–water partition coefficient (Wildman–Crippen LogP) is 3.32. The van der Waals surface area contributed by atoms with Gasteiger partial charge in [-0.1, -0.05) is 33.3 Å². The predicted molar refractivity (Wildman–Crippen MR) is 61.5 cm³/mol. The minimum atomic E-state index is -0.199. The summed E-state index contributed by atoms with van der Waals surface area (Å²) in [6.07, 6.45) is 3.99. The summed E-state index contributed by atoms with van der Waals surface area (Å²) in [5, 5.41) is 0. The van der Waals surface area contributed by atoms with Crippen molar-refractivity contribution in [3.63, 3.8) is 0 Å². The molecule has 0 aliphatic heterocycles. The van der Waals surface area contributed by atoms with Gasteiger partial charge in [-0.2, -0.15) is 0 Å². The molecule has 0 unspecified atom stereocenters. The Labute approximate surface area is 92.7 Å². The molecule has 0 atom stereocenters. The lowest BCUT2D eigenvalue weighted by Gasteiger charge is -2.27. The number of esters is 1. The van der Waals surface area contributed by atoms with E-state index in [1.54, 1.807) is 6.08 Å². The van der Waals surface area contributed by atoms with Crippen molar-refractivity contribution in [1.82, 2.24) is 0 Å². The number of carbonyl (C=O) groups is 1. The number of ether oxygens (including phenoxy) is 1. The van der Waals surface area contributed by atoms with E-state index in [2.05, 4.69) is 27.7 Å². The summed E-state index contributed by atoms with van der Waals surface area (Å²) in [7, 11) is 0. The number of hydrogen-bond acceptors (Lipinski definition) is 2. The molecule has 0 N–H and O–H groups in total. The van der Waals surface area contributed by atoms with Crippen LogP contribution in [0.15, 0.2) is 11.6 Å². The van der Waals surface area contributed by atoms with E-state index in [-0.39, 0.29) is 16.8 Å². The highest BCUT2D eigenvalue weighted by Gasteiger charge is 2.42. The lowest BCUT2D eigenvalue weighted by Crippen LogP contribution is -2.18. The first-order chi connectivity index (χ1) is 6.79. The summed E-state index contributed by atoms with van der Waals surface area (Å²) in [4.78, 5) is 11.5. The van der Waals surface area contributed by atoms with Crippen LogP contribution in [0.25, 0.3) is 0 Å². The number of carbonyl (C=O) groups excluding carboxylic acids is 1. The van der Waals surface area contributed by atoms with E-state index in [0.717, 1.165) is 12.8 Å². The average Bonchev–Trinajstić information content (AvgIpc) is 2.29. The van der Waals surface area contributed by atoms with Gasteiger partial charge in [0, 0.05) is 6.08 Å². The molecule has 2 heteroatoms. The Balaban J connectivity index is 2.94. The standard InChI is InChI=1S/C13H22O2/c1-6-15-11(14)9-10-12(2,3)7-8-13(10,4)5/h9H,6-8H2,1-5H3. The van der Waals surface area contributed by atoms with Gasteiger partial charge in [0.05, 0.1) is 6.61 Å². The molecule has 15 heavy (non-hydrogen) atoms. The second-order valence-corrected chi connectivity index (χ2v) is 5.58. The molecule has 1 saturated carbocycles. The number of allylic oxidation sites excluding steroid dienone is 1. The first kappa shape index (κ1) is 12.3. The maximum absolute atomic E-state index is 11.5. The van der Waals surface area contributed by atoms with Gasteiger partial charge >= 0.3 is 5.97 Å². The fraction of sp³-hybridized carbons (Fsp3) is 0.769. The highest BCUT2D eigenvalue weighted by molar-refractivity contribution is 5.83. The summed E-state index contributed by atoms with van der Waals surface area (Å²) < 4.78 is 4.98. The Bertz CT molecular complexity index is 267. The van der Waals surface area contributed by atoms with Crippen LogP contribution in [0.3, 0.4) is 0 Å². The third kappa shape index (κ3) is 2.61. The molecule has 0 radical (unpaired) electrons. The monoisotopic (exact) mass is 210 g/mol. The molecule has 0 amide bonds. The van der Waals surface area contributed by atoms with Crippen LogP contribution in [0.4, 0.5) is 0 Å². The first-order valence-corrected chi connectivity index (χ1v) is 5.69. The Kier molecular flexibility index (Phi) is 3.27. The van der Waals surface area contributed by atoms with Crippen LogP contribution in [-0.4, -0.2) is 12.6 Å². The number of hydrogen-bond donors (Lipinski definition) is 0. The van der Waals surface area contributed by atoms with Crippen LogP contribution >= 0.6 is 0 Å². The summed E-state index contributed by atoms with van der Waals surface area (Å²) in [5.41, 5.74) is 1.50. The van der Waals surface area contributed by atoms with Gasteiger partial charge in [-0.3, -0.25) is 0 Å². The second-order valence-electron chi connectivity index (χ2n) is 5.58. The quantitative estimate of drug-likeness (QED) is 0.516. The molecule has 0 aromatic rings. The minimum absolute atomic E-state index is 0.135. The summed E-state index contributed by atoms with van der Waals surface area (Å²) >= 11 is 0. The maximum atomic E-state index is 11.5. The van der Waals surface area contributed by atoms with Crippen molar-refractivity contribution in [3.05, 3.63) is 11.6 Å². The Morgan fingerprint density at radius 2 is 1.73 bits per heavy atom. The summed E-state index contributed by atoms with van der Waals surface area (Å²) in [5.74, 6) is -0.199. The molecule has 86 valence electrons. The Hall–Kier alpha value is -0.790. The van der Waals surface area contributed by atoms with Gasteiger partial charge < -0.3 is 4.74 Å². The fourth-order valence-electron chi connectivity index (χ4n) is 2.50. The second kappa shape index (κ2) is 3.99. The van der Waals surface area contributed by atoms with Crippen molar-refractivity contribution < 1.29 is 9.53 Å². The zero-order valence-electron chi connectivity index (χ0n) is 10.5. The van der Waals surface area contributed by atoms with Gasteiger partial charge in [0.25, 0.3) is 0 Å². The largest absolute Gasteiger partial charge is 0.463 e. The van der Waals surface area contributed by atoms with E-state index >= 15 is 0 Å². The fourth-order valence-corrected chi connectivity index (χ4v) is 2.50. The highest BCUT2D eigenvalue weighted by Crippen LogP contribution is 2.53. The topological polar surface area (TPSA) is 26.3 Å². The van der Waals surface area contributed by atoms with Gasteiger partial charge in [0.1, 0.15) is 0 Å². The average molecular weight is 210 g/mol. The van der Waals surface area contributed by atoms with E-state index in [9.17, 15) is 4.79 Å². The van der Waals surface area contributed by atoms with Gasteiger partial charge in [-0.15, -0.1) is 0 Å². The third-order valence-electron chi connectivity index (χ3n) is 3.38. The van der Waals surface area contributed by atoms with Crippen LogP contribution in [0.5, 0.6) is 0 Å². The molecule has 0 aromatic carbocycles. The Morgan fingerprint density at radius 1 is 1.27 bits per heavy atom. The molecule has 1 aliphatic carbocycles. The summed E-state index contributed by atoms with van der Waals surface area (Å²) in [6.45, 7) is 11.1. The van der Waals surface area contributed by atoms with Crippen molar-refractivity contribution in [1.29, 1.82) is 0 Å². The van der Waals surface area contributed by atoms with Gasteiger partial charge in [-0.25, -0.2) is 4.79 Å². The first-order valence-electron chi connectivity index (χ1n) is 5.69. The molecule has 0 bridgehead atoms. The molecule has 0 heterocycles. The Morgan fingerprint density at radius 3 is 2.13 bits per heavy atom. The normalized spacial score (nSPS) is 22.6. The van der Waals surface area contributed by atoms with Crippen molar-refractivity contribution in [2.75, 3.05) is 6.61 Å². The molecule has 0 saturated heterocycles. The van der Waals surface area contributed by atoms with E-state index < -0.39 is 0 Å². The smallest absolute Gasteiger partial charge is 0.330 e. The van der Waals surface area contributed by atoms with Crippen molar-refractivity contribution in [2.24, 2.45) is 10.8 Å². The maximum Gasteiger partial charge on any atom is 0.330 e. The van der Waals surface area contributed by atoms with Gasteiger partial charge in [0.2, 0.25) is 0 Å². The van der Waals surface area contributed by atoms with E-state index in [4.69, 9.17) is 4.74 Å². The molecule has 0 spiro atoms. The van der Waals surface area contributed by atoms with Crippen molar-refractivity contribution >= 4 is 5.97 Å². The van der Waals surface area contributed by atoms with Crippen LogP contribution in [0.1, 0.15) is 47.5 Å². The van der Waals surface area contributed by atoms with Crippen molar-refractivity contribution in [2.45, 2.75) is 47.5 Å². The molecule has 2 nitrogen and oxygen atoms in total. The van der Waals surface area contributed by atoms with Crippen LogP contribution in [-0.2, 0) is 9.53 Å². The lowest BCUT2D eigenvalue weighted by molar-refractivity contribution is -0.137. The van der Waals surface area contributed by atoms with Crippen LogP contribution in [0.2, 0.25) is 0 Å². The molecular weight excluding hydrogens is 188 g/mol. The van der Waals surface area contributed by atoms with Crippen LogP contribution in [0, 0.1) is 10.8 Å². The van der Waals surface area contributed by atoms with Gasteiger partial charge in [0.15, 0.2) is 0 Å². The van der Waals surface area contributed by atoms with E-state index in [1.165, 1.54) is 5.57 Å². The molecule has 0 aromatic heterocycles. The highest BCUT2D eigenvalue weighted by atomic mass is 16.5. The lowest BCUT2D eigenvalue weighted by atomic mass is 9.78. The van der Waals surface area contributed by atoms with Crippen molar-refractivity contribution in [3.8, 4) is 0 Å². The zero-order valence-corrected chi connectivity index (χ0v) is 10.5. The molecular formula is C13H22O2. The number of rotatable bonds is 2. The van der Waals surface area contributed by atoms with Crippen LogP contribution < -0.4 is 0 Å².